The molecule has 0 unspecified atom stereocenters. The number of thiazole rings is 1. The van der Waals surface area contributed by atoms with E-state index in [1.807, 2.05) is 20.8 Å². The number of benzene rings is 2. The summed E-state index contributed by atoms with van der Waals surface area (Å²) in [5, 5.41) is 4.64. The number of nitrogens with two attached hydrogens (primary N) is 1. The molecular weight excluding hydrogens is 615 g/mol. The van der Waals surface area contributed by atoms with E-state index in [1.54, 1.807) is 24.3 Å². The molecule has 2 aromatic carbocycles. The van der Waals surface area contributed by atoms with E-state index in [9.17, 15) is 18.0 Å². The van der Waals surface area contributed by atoms with Crippen molar-refractivity contribution in [3.63, 3.8) is 0 Å². The summed E-state index contributed by atoms with van der Waals surface area (Å²) < 4.78 is 37.3. The Morgan fingerprint density at radius 3 is 2.24 bits per heavy atom. The predicted octanol–water partition coefficient (Wildman–Crippen LogP) is 6.09. The Morgan fingerprint density at radius 2 is 1.62 bits per heavy atom. The molecule has 3 N–H and O–H groups in total. The van der Waals surface area contributed by atoms with Gasteiger partial charge in [0.05, 0.1) is 10.2 Å². The highest BCUT2D eigenvalue weighted by Crippen LogP contribution is 2.32. The van der Waals surface area contributed by atoms with Crippen molar-refractivity contribution in [2.75, 3.05) is 23.4 Å². The van der Waals surface area contributed by atoms with Crippen LogP contribution in [0.5, 0.6) is 5.75 Å². The monoisotopic (exact) mass is 661 g/mol. The van der Waals surface area contributed by atoms with Gasteiger partial charge in [0.15, 0.2) is 0 Å². The molecule has 1 aromatic heterocycles. The van der Waals surface area contributed by atoms with Gasteiger partial charge >= 0.3 is 16.1 Å². The number of hydrogen-bond acceptors (Lipinski definition) is 11. The summed E-state index contributed by atoms with van der Waals surface area (Å²) in [7, 11) is -4.08. The summed E-state index contributed by atoms with van der Waals surface area (Å²) in [6.45, 7) is 15.7. The number of hydrogen-bond donors (Lipinski definition) is 2. The van der Waals surface area contributed by atoms with Gasteiger partial charge in [0.2, 0.25) is 11.0 Å². The van der Waals surface area contributed by atoms with Gasteiger partial charge < -0.3 is 14.2 Å². The fourth-order valence-electron chi connectivity index (χ4n) is 4.75. The maximum Gasteiger partial charge on any atom is 0.339 e. The maximum atomic E-state index is 13.0. The minimum Gasteiger partial charge on any atom is -0.460 e. The van der Waals surface area contributed by atoms with Crippen molar-refractivity contribution in [2.24, 2.45) is 5.84 Å². The number of fused-ring (bicyclic) bond motifs is 1. The fraction of sp³-hybridized carbons (Fsp3) is 0.531. The van der Waals surface area contributed by atoms with Crippen molar-refractivity contribution in [1.29, 1.82) is 0 Å². The molecule has 0 fully saturated rings. The van der Waals surface area contributed by atoms with Crippen molar-refractivity contribution in [3.8, 4) is 5.75 Å². The number of carbonyl (C=O) groups excluding carboxylic acids is 2. The second-order valence-corrected chi connectivity index (χ2v) is 15.0. The van der Waals surface area contributed by atoms with Gasteiger partial charge in [-0.1, -0.05) is 17.8 Å². The first-order valence-electron chi connectivity index (χ1n) is 15.3. The average molecular weight is 662 g/mol. The van der Waals surface area contributed by atoms with Crippen LogP contribution in [-0.4, -0.2) is 61.0 Å². The molecule has 13 heteroatoms. The lowest BCUT2D eigenvalue weighted by Gasteiger charge is -2.30. The third-order valence-electron chi connectivity index (χ3n) is 6.89. The van der Waals surface area contributed by atoms with Crippen LogP contribution < -0.4 is 20.4 Å². The molecule has 3 rings (SSSR count). The van der Waals surface area contributed by atoms with Crippen LogP contribution in [0.1, 0.15) is 80.6 Å². The highest BCUT2D eigenvalue weighted by molar-refractivity contribution is 7.87. The van der Waals surface area contributed by atoms with Gasteiger partial charge in [-0.15, -0.1) is 0 Å². The smallest absolute Gasteiger partial charge is 0.339 e. The van der Waals surface area contributed by atoms with E-state index in [-0.39, 0.29) is 34.1 Å². The van der Waals surface area contributed by atoms with Crippen molar-refractivity contribution in [2.45, 2.75) is 103 Å². The molecule has 0 aliphatic rings. The van der Waals surface area contributed by atoms with Crippen molar-refractivity contribution in [3.05, 3.63) is 42.5 Å². The van der Waals surface area contributed by atoms with E-state index in [4.69, 9.17) is 14.8 Å². The average Bonchev–Trinajstić information content (AvgIpc) is 3.36. The molecule has 11 nitrogen and oxygen atoms in total. The molecule has 0 radical (unpaired) electrons. The van der Waals surface area contributed by atoms with Crippen LogP contribution in [-0.2, 0) is 24.4 Å². The van der Waals surface area contributed by atoms with Crippen LogP contribution in [0, 0.1) is 0 Å². The number of anilines is 2. The van der Waals surface area contributed by atoms with Gasteiger partial charge in [-0.2, -0.15) is 8.42 Å². The lowest BCUT2D eigenvalue weighted by Crippen LogP contribution is -2.40. The van der Waals surface area contributed by atoms with E-state index >= 15 is 0 Å². The Morgan fingerprint density at radius 1 is 0.978 bits per heavy atom. The Labute approximate surface area is 271 Å². The summed E-state index contributed by atoms with van der Waals surface area (Å²) in [5.74, 6) is 5.63. The van der Waals surface area contributed by atoms with Gasteiger partial charge in [-0.05, 0) is 97.7 Å². The first-order chi connectivity index (χ1) is 21.1. The third kappa shape index (κ3) is 11.2. The van der Waals surface area contributed by atoms with Gasteiger partial charge in [0.25, 0.3) is 0 Å². The molecular formula is C32H47N5O6S2. The van der Waals surface area contributed by atoms with E-state index < -0.39 is 15.7 Å². The molecule has 0 bridgehead atoms. The first-order valence-corrected chi connectivity index (χ1v) is 17.5. The number of nitrogens with one attached hydrogen (secondary N) is 1. The molecule has 248 valence electrons. The molecule has 0 aliphatic carbocycles. The molecule has 1 amide bonds. The van der Waals surface area contributed by atoms with Gasteiger partial charge in [-0.25, -0.2) is 15.8 Å². The van der Waals surface area contributed by atoms with Crippen LogP contribution >= 0.6 is 11.3 Å². The number of aromatic nitrogens is 1. The van der Waals surface area contributed by atoms with Gasteiger partial charge in [-0.3, -0.25) is 14.5 Å². The zero-order chi connectivity index (χ0) is 33.4. The predicted molar refractivity (Wildman–Crippen MR) is 180 cm³/mol. The number of hydrazine groups is 1. The molecule has 0 atom stereocenters. The molecule has 1 heterocycles. The minimum atomic E-state index is -4.08. The Hall–Kier alpha value is -3.26. The number of unbranched alkanes of at least 4 members (excludes halogenated alkanes) is 2. The number of rotatable bonds is 16. The number of nitrogens with zero attached hydrogens (tertiary/aromatic N) is 3. The standard InChI is InChI=1S/C32H47N5O6S2/c1-22(2)36(23(3)4)20-19-34-24-13-16-26(17-14-24)45(40,41)43-25-15-18-27-28(21-25)44-31(35-27)37(33)29(38)11-9-8-10-12-30(39)42-32(5,6)7/h13-18,21-23,34H,8-12,19-20,33H2,1-7H3. The highest BCUT2D eigenvalue weighted by Gasteiger charge is 2.20. The largest absolute Gasteiger partial charge is 0.460 e. The number of carbonyl (C=O) groups is 2. The highest BCUT2D eigenvalue weighted by atomic mass is 32.2. The Balaban J connectivity index is 1.53. The van der Waals surface area contributed by atoms with Gasteiger partial charge in [0, 0.05) is 49.8 Å². The maximum absolute atomic E-state index is 13.0. The first kappa shape index (κ1) is 36.2. The van der Waals surface area contributed by atoms with Crippen LogP contribution in [0.4, 0.5) is 10.8 Å². The van der Waals surface area contributed by atoms with Crippen LogP contribution in [0.2, 0.25) is 0 Å². The zero-order valence-corrected chi connectivity index (χ0v) is 29.0. The second-order valence-electron chi connectivity index (χ2n) is 12.5. The third-order valence-corrected chi connectivity index (χ3v) is 9.17. The quantitative estimate of drug-likeness (QED) is 0.0462. The summed E-state index contributed by atoms with van der Waals surface area (Å²) in [6.07, 6.45) is 2.38. The second kappa shape index (κ2) is 15.8. The fourth-order valence-corrected chi connectivity index (χ4v) is 6.60. The van der Waals surface area contributed by atoms with Crippen LogP contribution in [0.15, 0.2) is 47.4 Å². The Bertz CT molecular complexity index is 1520. The van der Waals surface area contributed by atoms with E-state index in [2.05, 4.69) is 42.9 Å². The lowest BCUT2D eigenvalue weighted by molar-refractivity contribution is -0.154. The normalized spacial score (nSPS) is 12.2. The van der Waals surface area contributed by atoms with Crippen molar-refractivity contribution in [1.82, 2.24) is 9.88 Å². The summed E-state index contributed by atoms with van der Waals surface area (Å²) in [4.78, 5) is 31.3. The molecule has 45 heavy (non-hydrogen) atoms. The molecule has 0 saturated carbocycles. The van der Waals surface area contributed by atoms with Crippen LogP contribution in [0.25, 0.3) is 10.2 Å². The summed E-state index contributed by atoms with van der Waals surface area (Å²) in [5.41, 5.74) is 0.866. The number of esters is 1. The zero-order valence-electron chi connectivity index (χ0n) is 27.3. The SMILES string of the molecule is CC(C)N(CCNc1ccc(S(=O)(=O)Oc2ccc3nc(N(N)C(=O)CCCCCC(=O)OC(C)(C)C)sc3c2)cc1)C(C)C. The van der Waals surface area contributed by atoms with Crippen molar-refractivity contribution >= 4 is 54.4 Å². The van der Waals surface area contributed by atoms with Gasteiger partial charge in [0.1, 0.15) is 16.2 Å². The van der Waals surface area contributed by atoms with Crippen LogP contribution in [0.3, 0.4) is 0 Å². The Kier molecular flexibility index (Phi) is 12.7. The van der Waals surface area contributed by atoms with E-state index in [1.165, 1.54) is 18.2 Å². The molecule has 0 aliphatic heterocycles. The molecule has 3 aromatic rings. The minimum absolute atomic E-state index is 0.0361. The number of ether oxygens (including phenoxy) is 1. The summed E-state index contributed by atoms with van der Waals surface area (Å²) in [6, 6.07) is 12.0. The molecule has 0 saturated heterocycles. The lowest BCUT2D eigenvalue weighted by atomic mass is 10.1. The number of amides is 1. The summed E-state index contributed by atoms with van der Waals surface area (Å²) >= 11 is 1.16. The van der Waals surface area contributed by atoms with Crippen molar-refractivity contribution < 1.29 is 26.9 Å². The molecule has 0 spiro atoms. The topological polar surface area (TPSA) is 144 Å². The van der Waals surface area contributed by atoms with E-state index in [0.29, 0.717) is 48.0 Å². The van der Waals surface area contributed by atoms with E-state index in [0.717, 1.165) is 35.1 Å².